The smallest absolute Gasteiger partial charge is 0.220 e. The molecule has 0 saturated carbocycles. The molecule has 0 radical (unpaired) electrons. The number of nitrogens with one attached hydrogen (secondary N) is 1. The lowest BCUT2D eigenvalue weighted by atomic mass is 10.0. The molecule has 4 nitrogen and oxygen atoms in total. The Kier molecular flexibility index (Phi) is 24.2. The van der Waals surface area contributed by atoms with Gasteiger partial charge in [0.15, 0.2) is 0 Å². The third-order valence-corrected chi connectivity index (χ3v) is 7.97. The zero-order valence-electron chi connectivity index (χ0n) is 34.4. The molecule has 0 bridgehead atoms. The van der Waals surface area contributed by atoms with Crippen molar-refractivity contribution in [3.63, 3.8) is 0 Å². The SMILES string of the molecule is [2H]C([2H])([2H])C([2H])([2H])C([2H])([2H])CCCCCCCCCC/C=C/[C@@H](O)[C@H](CO)NC(=O)CCCCCCCCC/C=C\CCCCCCCC. The first kappa shape index (κ1) is 29.6. The first-order valence-corrected chi connectivity index (χ1v) is 17.7. The maximum atomic E-state index is 12.3. The number of unbranched alkanes of at least 4 members (excludes halogenated alkanes) is 21. The van der Waals surface area contributed by atoms with Crippen molar-refractivity contribution in [3.05, 3.63) is 24.3 Å². The van der Waals surface area contributed by atoms with Gasteiger partial charge in [0.25, 0.3) is 0 Å². The average molecular weight is 599 g/mol. The molecular formula is C38H73NO3. The lowest BCUT2D eigenvalue weighted by Crippen LogP contribution is -2.45. The normalized spacial score (nSPS) is 16.8. The molecular weight excluding hydrogens is 518 g/mol. The van der Waals surface area contributed by atoms with E-state index in [1.54, 1.807) is 6.08 Å². The van der Waals surface area contributed by atoms with E-state index in [9.17, 15) is 15.0 Å². The predicted octanol–water partition coefficient (Wildman–Crippen LogP) is 10.9. The summed E-state index contributed by atoms with van der Waals surface area (Å²) in [6.07, 6.45) is 28.9. The van der Waals surface area contributed by atoms with Crippen LogP contribution < -0.4 is 5.32 Å². The third-order valence-electron chi connectivity index (χ3n) is 7.97. The van der Waals surface area contributed by atoms with Gasteiger partial charge in [-0.3, -0.25) is 4.79 Å². The molecule has 3 N–H and O–H groups in total. The van der Waals surface area contributed by atoms with E-state index in [0.717, 1.165) is 70.6 Å². The fraction of sp³-hybridized carbons (Fsp3) is 0.868. The van der Waals surface area contributed by atoms with Crippen molar-refractivity contribution in [2.45, 2.75) is 206 Å². The van der Waals surface area contributed by atoms with Gasteiger partial charge >= 0.3 is 0 Å². The minimum Gasteiger partial charge on any atom is -0.394 e. The van der Waals surface area contributed by atoms with Crippen molar-refractivity contribution in [2.24, 2.45) is 0 Å². The predicted molar refractivity (Wildman–Crippen MR) is 184 cm³/mol. The Bertz CT molecular complexity index is 850. The van der Waals surface area contributed by atoms with Gasteiger partial charge < -0.3 is 15.5 Å². The average Bonchev–Trinajstić information content (AvgIpc) is 3.04. The van der Waals surface area contributed by atoms with E-state index in [1.807, 2.05) is 6.08 Å². The van der Waals surface area contributed by atoms with Crippen molar-refractivity contribution >= 4 is 5.91 Å². The van der Waals surface area contributed by atoms with Gasteiger partial charge in [0.1, 0.15) is 0 Å². The van der Waals surface area contributed by atoms with Crippen molar-refractivity contribution in [1.82, 2.24) is 5.32 Å². The first-order chi connectivity index (χ1) is 23.3. The molecule has 2 atom stereocenters. The summed E-state index contributed by atoms with van der Waals surface area (Å²) in [5.41, 5.74) is 0. The fourth-order valence-electron chi connectivity index (χ4n) is 5.20. The van der Waals surface area contributed by atoms with Crippen LogP contribution in [0.4, 0.5) is 0 Å². The monoisotopic (exact) mass is 599 g/mol. The number of carbonyl (C=O) groups is 1. The van der Waals surface area contributed by atoms with E-state index >= 15 is 0 Å². The third kappa shape index (κ3) is 30.3. The van der Waals surface area contributed by atoms with Crippen LogP contribution in [-0.4, -0.2) is 34.9 Å². The molecule has 0 aromatic heterocycles. The van der Waals surface area contributed by atoms with Crippen LogP contribution in [-0.2, 0) is 4.79 Å². The standard InChI is InChI=1S/C38H73NO3/c1-3-5-7-9-11-13-15-17-18-19-20-22-24-26-28-30-32-34-38(42)39-36(35-40)37(41)33-31-29-27-25-23-21-16-14-12-10-8-6-4-2/h17-18,31,33,36-37,40-41H,3-16,19-30,32,34-35H2,1-2H3,(H,39,42)/b18-17-,33-31+/t36-,37+/m0/s1/i2D3,4D2,6D2. The van der Waals surface area contributed by atoms with Crippen LogP contribution in [0, 0.1) is 0 Å². The highest BCUT2D eigenvalue weighted by molar-refractivity contribution is 5.76. The molecule has 0 heterocycles. The molecule has 0 aliphatic carbocycles. The van der Waals surface area contributed by atoms with Gasteiger partial charge in [0.05, 0.1) is 18.8 Å². The van der Waals surface area contributed by atoms with Crippen molar-refractivity contribution in [1.29, 1.82) is 0 Å². The van der Waals surface area contributed by atoms with Gasteiger partial charge in [-0.15, -0.1) is 0 Å². The maximum Gasteiger partial charge on any atom is 0.220 e. The number of hydrogen-bond acceptors (Lipinski definition) is 3. The van der Waals surface area contributed by atoms with Gasteiger partial charge in [0, 0.05) is 16.0 Å². The molecule has 42 heavy (non-hydrogen) atoms. The second-order valence-electron chi connectivity index (χ2n) is 12.0. The highest BCUT2D eigenvalue weighted by Crippen LogP contribution is 2.13. The number of aliphatic hydroxyl groups is 2. The molecule has 1 amide bonds. The summed E-state index contributed by atoms with van der Waals surface area (Å²) < 4.78 is 52.9. The van der Waals surface area contributed by atoms with Crippen molar-refractivity contribution in [3.8, 4) is 0 Å². The quantitative estimate of drug-likeness (QED) is 0.0520. The van der Waals surface area contributed by atoms with Gasteiger partial charge in [-0.2, -0.15) is 0 Å². The van der Waals surface area contributed by atoms with Crippen LogP contribution in [0.25, 0.3) is 0 Å². The van der Waals surface area contributed by atoms with Crippen LogP contribution >= 0.6 is 0 Å². The second kappa shape index (κ2) is 34.4. The number of hydrogen-bond donors (Lipinski definition) is 3. The van der Waals surface area contributed by atoms with E-state index in [0.29, 0.717) is 12.8 Å². The number of allylic oxidation sites excluding steroid dienone is 3. The highest BCUT2D eigenvalue weighted by Gasteiger charge is 2.17. The van der Waals surface area contributed by atoms with Crippen molar-refractivity contribution in [2.75, 3.05) is 6.61 Å². The van der Waals surface area contributed by atoms with Crippen LogP contribution in [0.3, 0.4) is 0 Å². The molecule has 4 heteroatoms. The number of carbonyl (C=O) groups excluding carboxylic acids is 1. The van der Waals surface area contributed by atoms with E-state index in [2.05, 4.69) is 24.4 Å². The molecule has 0 aliphatic rings. The van der Waals surface area contributed by atoms with Crippen molar-refractivity contribution < 1.29 is 24.6 Å². The lowest BCUT2D eigenvalue weighted by molar-refractivity contribution is -0.123. The van der Waals surface area contributed by atoms with Crippen LogP contribution in [0.1, 0.15) is 203 Å². The lowest BCUT2D eigenvalue weighted by Gasteiger charge is -2.20. The molecule has 0 rings (SSSR count). The van der Waals surface area contributed by atoms with Crippen LogP contribution in [0.15, 0.2) is 24.3 Å². The zero-order chi connectivity index (χ0) is 36.9. The minimum absolute atomic E-state index is 0.102. The molecule has 0 unspecified atom stereocenters. The summed E-state index contributed by atoms with van der Waals surface area (Å²) in [5.74, 6) is -0.130. The number of rotatable bonds is 33. The summed E-state index contributed by atoms with van der Waals surface area (Å²) in [5, 5.41) is 22.9. The highest BCUT2D eigenvalue weighted by atomic mass is 16.3. The largest absolute Gasteiger partial charge is 0.394 e. The van der Waals surface area contributed by atoms with Gasteiger partial charge in [0.2, 0.25) is 5.91 Å². The van der Waals surface area contributed by atoms with E-state index in [4.69, 9.17) is 9.60 Å². The Morgan fingerprint density at radius 1 is 0.690 bits per heavy atom. The Hall–Kier alpha value is -1.13. The summed E-state index contributed by atoms with van der Waals surface area (Å²) in [7, 11) is 0. The van der Waals surface area contributed by atoms with Gasteiger partial charge in [-0.25, -0.2) is 0 Å². The topological polar surface area (TPSA) is 69.6 Å². The molecule has 0 aromatic carbocycles. The molecule has 0 saturated heterocycles. The van der Waals surface area contributed by atoms with Gasteiger partial charge in [-0.1, -0.05) is 166 Å². The zero-order valence-corrected chi connectivity index (χ0v) is 27.4. The summed E-state index contributed by atoms with van der Waals surface area (Å²) in [4.78, 5) is 12.3. The Morgan fingerprint density at radius 3 is 1.64 bits per heavy atom. The summed E-state index contributed by atoms with van der Waals surface area (Å²) in [6.45, 7) is -1.04. The molecule has 0 spiro atoms. The Balaban J connectivity index is 3.78. The minimum atomic E-state index is -2.98. The van der Waals surface area contributed by atoms with Crippen LogP contribution in [0.5, 0.6) is 0 Å². The summed E-state index contributed by atoms with van der Waals surface area (Å²) in [6, 6.07) is -0.703. The van der Waals surface area contributed by atoms with E-state index < -0.39 is 31.7 Å². The van der Waals surface area contributed by atoms with Gasteiger partial charge in [-0.05, 0) is 44.9 Å². The van der Waals surface area contributed by atoms with E-state index in [-0.39, 0.29) is 18.9 Å². The summed E-state index contributed by atoms with van der Waals surface area (Å²) >= 11 is 0. The Morgan fingerprint density at radius 2 is 1.14 bits per heavy atom. The van der Waals surface area contributed by atoms with Crippen LogP contribution in [0.2, 0.25) is 0 Å². The Labute approximate surface area is 272 Å². The first-order valence-electron chi connectivity index (χ1n) is 21.2. The molecule has 0 fully saturated rings. The fourth-order valence-corrected chi connectivity index (χ4v) is 5.20. The molecule has 0 aromatic rings. The molecule has 248 valence electrons. The van der Waals surface area contributed by atoms with E-state index in [1.165, 1.54) is 77.0 Å². The number of aliphatic hydroxyl groups excluding tert-OH is 2. The second-order valence-corrected chi connectivity index (χ2v) is 12.0. The maximum absolute atomic E-state index is 12.3. The molecule has 0 aliphatic heterocycles. The number of amides is 1.